The summed E-state index contributed by atoms with van der Waals surface area (Å²) >= 11 is 14.3. The zero-order valence-corrected chi connectivity index (χ0v) is 23.2. The Balaban J connectivity index is 1.59. The summed E-state index contributed by atoms with van der Waals surface area (Å²) in [7, 11) is 4.39. The minimum Gasteiger partial charge on any atom is -0.493 e. The first kappa shape index (κ1) is 26.4. The van der Waals surface area contributed by atoms with Crippen LogP contribution in [0.3, 0.4) is 0 Å². The molecule has 1 aliphatic carbocycles. The quantitative estimate of drug-likeness (QED) is 0.282. The average molecular weight is 587 g/mol. The third-order valence-electron chi connectivity index (χ3n) is 7.58. The number of cyclic esters (lactones) is 1. The SMILES string of the molecule is COc1cc([C@@H]2c3cc4c(cc3[C@H](OC(=O)c3ccccc3)[C@H]3COC(=O)[C@@]23Cl)OCO4)c(Cl)c(OC)c1OC. The lowest BCUT2D eigenvalue weighted by atomic mass is 9.65. The number of carbonyl (C=O) groups excluding carboxylic acids is 2. The Bertz CT molecular complexity index is 1510. The van der Waals surface area contributed by atoms with E-state index in [1.165, 1.54) is 21.3 Å². The van der Waals surface area contributed by atoms with E-state index in [9.17, 15) is 9.59 Å². The summed E-state index contributed by atoms with van der Waals surface area (Å²) in [4.78, 5) is 25.1. The molecule has 0 bridgehead atoms. The molecule has 6 rings (SSSR count). The van der Waals surface area contributed by atoms with Crippen LogP contribution in [0.4, 0.5) is 0 Å². The number of benzene rings is 3. The van der Waals surface area contributed by atoms with Crippen LogP contribution in [-0.2, 0) is 14.3 Å². The summed E-state index contributed by atoms with van der Waals surface area (Å²) in [5.41, 5.74) is 1.92. The van der Waals surface area contributed by atoms with Crippen molar-refractivity contribution in [1.29, 1.82) is 0 Å². The van der Waals surface area contributed by atoms with Gasteiger partial charge in [0, 0.05) is 11.5 Å². The second kappa shape index (κ2) is 9.98. The highest BCUT2D eigenvalue weighted by molar-refractivity contribution is 6.37. The number of esters is 2. The van der Waals surface area contributed by atoms with Crippen molar-refractivity contribution in [2.75, 3.05) is 34.7 Å². The van der Waals surface area contributed by atoms with Crippen LogP contribution < -0.4 is 23.7 Å². The van der Waals surface area contributed by atoms with E-state index in [4.69, 9.17) is 56.4 Å². The van der Waals surface area contributed by atoms with E-state index in [0.717, 1.165) is 0 Å². The molecule has 0 spiro atoms. The number of hydrogen-bond donors (Lipinski definition) is 0. The Labute approximate surface area is 239 Å². The van der Waals surface area contributed by atoms with E-state index in [1.54, 1.807) is 48.5 Å². The number of fused-ring (bicyclic) bond motifs is 3. The van der Waals surface area contributed by atoms with Gasteiger partial charge in [-0.2, -0.15) is 0 Å². The van der Waals surface area contributed by atoms with E-state index in [0.29, 0.717) is 39.5 Å². The van der Waals surface area contributed by atoms with Gasteiger partial charge < -0.3 is 33.2 Å². The highest BCUT2D eigenvalue weighted by Crippen LogP contribution is 2.62. The van der Waals surface area contributed by atoms with E-state index in [2.05, 4.69) is 0 Å². The van der Waals surface area contributed by atoms with Crippen LogP contribution in [-0.4, -0.2) is 51.5 Å². The smallest absolute Gasteiger partial charge is 0.338 e. The Kier molecular flexibility index (Phi) is 6.59. The first-order valence-electron chi connectivity index (χ1n) is 12.4. The van der Waals surface area contributed by atoms with Crippen LogP contribution in [0.2, 0.25) is 5.02 Å². The van der Waals surface area contributed by atoms with Crippen LogP contribution in [0, 0.1) is 5.92 Å². The third kappa shape index (κ3) is 3.83. The zero-order chi connectivity index (χ0) is 28.2. The van der Waals surface area contributed by atoms with Crippen molar-refractivity contribution in [3.05, 3.63) is 75.8 Å². The third-order valence-corrected chi connectivity index (χ3v) is 8.62. The molecule has 0 amide bonds. The maximum atomic E-state index is 13.5. The zero-order valence-electron chi connectivity index (χ0n) is 21.7. The monoisotopic (exact) mass is 586 g/mol. The molecule has 4 atom stereocenters. The molecule has 0 unspecified atom stereocenters. The lowest BCUT2D eigenvalue weighted by Crippen LogP contribution is -2.49. The predicted molar refractivity (Wildman–Crippen MR) is 143 cm³/mol. The summed E-state index contributed by atoms with van der Waals surface area (Å²) in [6.45, 7) is -0.0682. The van der Waals surface area contributed by atoms with Crippen molar-refractivity contribution >= 4 is 35.1 Å². The van der Waals surface area contributed by atoms with E-state index < -0.39 is 34.8 Å². The molecule has 40 heavy (non-hydrogen) atoms. The van der Waals surface area contributed by atoms with E-state index in [-0.39, 0.29) is 29.9 Å². The Morgan fingerprint density at radius 3 is 2.23 bits per heavy atom. The van der Waals surface area contributed by atoms with Gasteiger partial charge in [-0.3, -0.25) is 4.79 Å². The molecule has 1 fully saturated rings. The van der Waals surface area contributed by atoms with Crippen LogP contribution >= 0.6 is 23.2 Å². The Morgan fingerprint density at radius 1 is 0.900 bits per heavy atom. The van der Waals surface area contributed by atoms with Crippen molar-refractivity contribution < 1.29 is 42.7 Å². The number of ether oxygens (including phenoxy) is 7. The number of rotatable bonds is 6. The first-order chi connectivity index (χ1) is 19.3. The van der Waals surface area contributed by atoms with Gasteiger partial charge in [-0.05, 0) is 41.5 Å². The van der Waals surface area contributed by atoms with Crippen molar-refractivity contribution in [2.45, 2.75) is 16.9 Å². The van der Waals surface area contributed by atoms with Gasteiger partial charge in [0.05, 0.1) is 37.8 Å². The van der Waals surface area contributed by atoms with Crippen molar-refractivity contribution in [1.82, 2.24) is 0 Å². The van der Waals surface area contributed by atoms with E-state index in [1.807, 2.05) is 0 Å². The highest BCUT2D eigenvalue weighted by atomic mass is 35.5. The van der Waals surface area contributed by atoms with Crippen LogP contribution in [0.5, 0.6) is 28.7 Å². The number of halogens is 2. The van der Waals surface area contributed by atoms with Crippen LogP contribution in [0.25, 0.3) is 0 Å². The molecular weight excluding hydrogens is 563 g/mol. The largest absolute Gasteiger partial charge is 0.493 e. The summed E-state index contributed by atoms with van der Waals surface area (Å²) in [6, 6.07) is 13.7. The summed E-state index contributed by atoms with van der Waals surface area (Å²) < 4.78 is 39.6. The molecule has 0 aromatic heterocycles. The molecule has 1 saturated heterocycles. The van der Waals surface area contributed by atoms with Gasteiger partial charge in [0.1, 0.15) is 12.7 Å². The van der Waals surface area contributed by atoms with Crippen LogP contribution in [0.1, 0.15) is 39.1 Å². The Hall–Kier alpha value is -3.82. The molecule has 208 valence electrons. The van der Waals surface area contributed by atoms with Gasteiger partial charge in [0.25, 0.3) is 0 Å². The molecule has 11 heteroatoms. The number of methoxy groups -OCH3 is 3. The van der Waals surface area contributed by atoms with Crippen molar-refractivity contribution in [3.63, 3.8) is 0 Å². The lowest BCUT2D eigenvalue weighted by Gasteiger charge is -2.43. The fraction of sp³-hybridized carbons (Fsp3) is 0.310. The second-order valence-corrected chi connectivity index (χ2v) is 10.5. The average Bonchev–Trinajstić information content (AvgIpc) is 3.56. The predicted octanol–water partition coefficient (Wildman–Crippen LogP) is 5.29. The Morgan fingerprint density at radius 2 is 1.57 bits per heavy atom. The molecular formula is C29H24Cl2O9. The highest BCUT2D eigenvalue weighted by Gasteiger charge is 2.65. The maximum Gasteiger partial charge on any atom is 0.338 e. The minimum atomic E-state index is -1.71. The standard InChI is InChI=1S/C29H24Cl2O9/c1-34-21-11-17(23(30)26(36-3)25(21)35-2)22-15-9-19-20(39-13-38-19)10-16(15)24(18-12-37-28(33)29(18,22)31)40-27(32)14-7-5-4-6-8-14/h4-11,18,22,24H,12-13H2,1-3H3/t18-,22+,24+,29+/m1/s1. The molecule has 2 heterocycles. The minimum absolute atomic E-state index is 0.0137. The molecule has 3 aromatic carbocycles. The maximum absolute atomic E-state index is 13.5. The van der Waals surface area contributed by atoms with Crippen molar-refractivity contribution in [2.24, 2.45) is 5.92 Å². The molecule has 0 N–H and O–H groups in total. The number of carbonyl (C=O) groups is 2. The summed E-state index contributed by atoms with van der Waals surface area (Å²) in [5.74, 6) is -1.16. The fourth-order valence-electron chi connectivity index (χ4n) is 5.75. The van der Waals surface area contributed by atoms with Crippen LogP contribution in [0.15, 0.2) is 48.5 Å². The normalized spacial score (nSPS) is 24.0. The lowest BCUT2D eigenvalue weighted by molar-refractivity contribution is -0.140. The van der Waals surface area contributed by atoms with Crippen molar-refractivity contribution in [3.8, 4) is 28.7 Å². The van der Waals surface area contributed by atoms with Gasteiger partial charge in [0.15, 0.2) is 27.9 Å². The van der Waals surface area contributed by atoms with Gasteiger partial charge in [-0.25, -0.2) is 4.79 Å². The molecule has 2 aliphatic heterocycles. The molecule has 9 nitrogen and oxygen atoms in total. The van der Waals surface area contributed by atoms with Gasteiger partial charge in [-0.15, -0.1) is 11.6 Å². The molecule has 3 aromatic rings. The molecule has 0 radical (unpaired) electrons. The van der Waals surface area contributed by atoms with Gasteiger partial charge in [-0.1, -0.05) is 29.8 Å². The first-order valence-corrected chi connectivity index (χ1v) is 13.1. The van der Waals surface area contributed by atoms with Gasteiger partial charge in [0.2, 0.25) is 12.5 Å². The summed E-state index contributed by atoms with van der Waals surface area (Å²) in [6.07, 6.45) is -0.946. The number of alkyl halides is 1. The summed E-state index contributed by atoms with van der Waals surface area (Å²) in [5, 5.41) is 0.173. The molecule has 3 aliphatic rings. The van der Waals surface area contributed by atoms with E-state index >= 15 is 0 Å². The second-order valence-electron chi connectivity index (χ2n) is 9.48. The fourth-order valence-corrected chi connectivity index (χ4v) is 6.54. The van der Waals surface area contributed by atoms with Gasteiger partial charge >= 0.3 is 11.9 Å². The molecule has 0 saturated carbocycles. The number of hydrogen-bond acceptors (Lipinski definition) is 9. The topological polar surface area (TPSA) is 98.8 Å².